The number of hydrogen-bond acceptors (Lipinski definition) is 5. The van der Waals surface area contributed by atoms with Gasteiger partial charge in [-0.05, 0) is 12.8 Å². The van der Waals surface area contributed by atoms with Crippen molar-refractivity contribution in [1.82, 2.24) is 10.2 Å². The molecule has 0 bridgehead atoms. The molecule has 1 heterocycles. The second-order valence-electron chi connectivity index (χ2n) is 5.38. The summed E-state index contributed by atoms with van der Waals surface area (Å²) >= 11 is 0. The molecule has 0 aromatic carbocycles. The molecule has 0 aromatic heterocycles. The van der Waals surface area contributed by atoms with Gasteiger partial charge in [-0.25, -0.2) is 0 Å². The lowest BCUT2D eigenvalue weighted by Crippen LogP contribution is -2.34. The Labute approximate surface area is 134 Å². The standard InChI is InChI=1S/C16H18N2O5/c1-2-8-17-13(19)10-23-14(20)7-9-18-15(21)11-5-3-4-6-12(11)16(18)22/h1,3-4,11-12H,5-10H2,(H,17,19)/t11-,12-/m0/s1. The van der Waals surface area contributed by atoms with Gasteiger partial charge in [-0.3, -0.25) is 24.1 Å². The van der Waals surface area contributed by atoms with Gasteiger partial charge in [0.15, 0.2) is 6.61 Å². The summed E-state index contributed by atoms with van der Waals surface area (Å²) in [6, 6.07) is 0. The Balaban J connectivity index is 1.76. The van der Waals surface area contributed by atoms with E-state index in [1.54, 1.807) is 0 Å². The van der Waals surface area contributed by atoms with Crippen LogP contribution in [0.15, 0.2) is 12.2 Å². The maximum Gasteiger partial charge on any atom is 0.308 e. The molecular formula is C16H18N2O5. The van der Waals surface area contributed by atoms with E-state index in [0.29, 0.717) is 12.8 Å². The van der Waals surface area contributed by atoms with Crippen LogP contribution in [-0.2, 0) is 23.9 Å². The summed E-state index contributed by atoms with van der Waals surface area (Å²) in [5, 5.41) is 2.35. The van der Waals surface area contributed by atoms with Crippen LogP contribution in [0.5, 0.6) is 0 Å². The Morgan fingerprint density at radius 2 is 1.87 bits per heavy atom. The average Bonchev–Trinajstić information content (AvgIpc) is 2.80. The van der Waals surface area contributed by atoms with Gasteiger partial charge in [-0.2, -0.15) is 0 Å². The summed E-state index contributed by atoms with van der Waals surface area (Å²) in [5.41, 5.74) is 0. The number of ether oxygens (including phenoxy) is 1. The molecule has 2 rings (SSSR count). The minimum absolute atomic E-state index is 0.0184. The molecule has 0 unspecified atom stereocenters. The fraction of sp³-hybridized carbons (Fsp3) is 0.500. The summed E-state index contributed by atoms with van der Waals surface area (Å²) in [5.74, 6) is 0.00128. The van der Waals surface area contributed by atoms with Crippen LogP contribution < -0.4 is 5.32 Å². The third-order valence-corrected chi connectivity index (χ3v) is 3.89. The van der Waals surface area contributed by atoms with Crippen LogP contribution in [0.25, 0.3) is 0 Å². The lowest BCUT2D eigenvalue weighted by atomic mass is 9.85. The summed E-state index contributed by atoms with van der Waals surface area (Å²) in [4.78, 5) is 48.3. The zero-order valence-corrected chi connectivity index (χ0v) is 12.6. The lowest BCUT2D eigenvalue weighted by molar-refractivity contribution is -0.149. The van der Waals surface area contributed by atoms with Crippen molar-refractivity contribution >= 4 is 23.7 Å². The number of amides is 3. The summed E-state index contributed by atoms with van der Waals surface area (Å²) in [6.45, 7) is -0.392. The number of carbonyl (C=O) groups excluding carboxylic acids is 4. The van der Waals surface area contributed by atoms with Gasteiger partial charge in [0.2, 0.25) is 11.8 Å². The Morgan fingerprint density at radius 1 is 1.26 bits per heavy atom. The van der Waals surface area contributed by atoms with Crippen LogP contribution >= 0.6 is 0 Å². The van der Waals surface area contributed by atoms with Crippen LogP contribution in [-0.4, -0.2) is 48.3 Å². The monoisotopic (exact) mass is 318 g/mol. The fourth-order valence-corrected chi connectivity index (χ4v) is 2.71. The zero-order chi connectivity index (χ0) is 16.8. The molecule has 2 atom stereocenters. The number of rotatable bonds is 6. The number of nitrogens with one attached hydrogen (secondary N) is 1. The zero-order valence-electron chi connectivity index (χ0n) is 12.6. The van der Waals surface area contributed by atoms with Gasteiger partial charge in [0.05, 0.1) is 24.8 Å². The third kappa shape index (κ3) is 3.97. The van der Waals surface area contributed by atoms with Crippen molar-refractivity contribution < 1.29 is 23.9 Å². The maximum atomic E-state index is 12.2. The predicted octanol–water partition coefficient (Wildman–Crippen LogP) is -0.380. The van der Waals surface area contributed by atoms with Gasteiger partial charge in [0.1, 0.15) is 0 Å². The van der Waals surface area contributed by atoms with Crippen LogP contribution in [0.3, 0.4) is 0 Å². The Kier molecular flexibility index (Phi) is 5.52. The molecule has 1 aliphatic carbocycles. The van der Waals surface area contributed by atoms with E-state index in [0.717, 1.165) is 4.90 Å². The SMILES string of the molecule is C#CCNC(=O)COC(=O)CCN1C(=O)[C@H]2CC=CC[C@@H]2C1=O. The number of esters is 1. The quantitative estimate of drug-likeness (QED) is 0.312. The van der Waals surface area contributed by atoms with Crippen LogP contribution in [0.1, 0.15) is 19.3 Å². The molecule has 1 N–H and O–H groups in total. The molecule has 1 aliphatic heterocycles. The third-order valence-electron chi connectivity index (χ3n) is 3.89. The minimum atomic E-state index is -0.644. The highest BCUT2D eigenvalue weighted by atomic mass is 16.5. The number of nitrogens with zero attached hydrogens (tertiary/aromatic N) is 1. The lowest BCUT2D eigenvalue weighted by Gasteiger charge is -2.14. The van der Waals surface area contributed by atoms with E-state index in [2.05, 4.69) is 11.2 Å². The van der Waals surface area contributed by atoms with E-state index in [-0.39, 0.29) is 43.2 Å². The first-order valence-electron chi connectivity index (χ1n) is 7.40. The molecular weight excluding hydrogens is 300 g/mol. The van der Waals surface area contributed by atoms with Crippen LogP contribution in [0, 0.1) is 24.2 Å². The van der Waals surface area contributed by atoms with Crippen molar-refractivity contribution in [3.05, 3.63) is 12.2 Å². The van der Waals surface area contributed by atoms with E-state index in [1.165, 1.54) is 0 Å². The van der Waals surface area contributed by atoms with Crippen LogP contribution in [0.4, 0.5) is 0 Å². The van der Waals surface area contributed by atoms with E-state index < -0.39 is 18.5 Å². The molecule has 122 valence electrons. The predicted molar refractivity (Wildman–Crippen MR) is 79.5 cm³/mol. The summed E-state index contributed by atoms with van der Waals surface area (Å²) < 4.78 is 4.77. The van der Waals surface area contributed by atoms with E-state index in [9.17, 15) is 19.2 Å². The average molecular weight is 318 g/mol. The molecule has 1 fully saturated rings. The van der Waals surface area contributed by atoms with E-state index in [4.69, 9.17) is 11.2 Å². The van der Waals surface area contributed by atoms with Crippen molar-refractivity contribution in [2.24, 2.45) is 11.8 Å². The topological polar surface area (TPSA) is 92.8 Å². The fourth-order valence-electron chi connectivity index (χ4n) is 2.71. The van der Waals surface area contributed by atoms with Gasteiger partial charge < -0.3 is 10.1 Å². The molecule has 2 aliphatic rings. The number of fused-ring (bicyclic) bond motifs is 1. The first-order valence-corrected chi connectivity index (χ1v) is 7.40. The van der Waals surface area contributed by atoms with Crippen molar-refractivity contribution in [3.63, 3.8) is 0 Å². The molecule has 7 heteroatoms. The highest BCUT2D eigenvalue weighted by Gasteiger charge is 2.46. The Bertz CT molecular complexity index is 564. The highest BCUT2D eigenvalue weighted by molar-refractivity contribution is 6.05. The van der Waals surface area contributed by atoms with Gasteiger partial charge in [0, 0.05) is 6.54 Å². The number of hydrogen-bond donors (Lipinski definition) is 1. The number of terminal acetylenes is 1. The first kappa shape index (κ1) is 16.7. The number of carbonyl (C=O) groups is 4. The smallest absolute Gasteiger partial charge is 0.308 e. The second kappa shape index (κ2) is 7.58. The van der Waals surface area contributed by atoms with E-state index >= 15 is 0 Å². The summed E-state index contributed by atoms with van der Waals surface area (Å²) in [6.07, 6.45) is 9.77. The normalized spacial score (nSPS) is 22.5. The van der Waals surface area contributed by atoms with Gasteiger partial charge in [-0.15, -0.1) is 6.42 Å². The Morgan fingerprint density at radius 3 is 2.43 bits per heavy atom. The largest absolute Gasteiger partial charge is 0.456 e. The maximum absolute atomic E-state index is 12.2. The molecule has 0 aromatic rings. The number of imide groups is 1. The van der Waals surface area contributed by atoms with Crippen molar-refractivity contribution in [1.29, 1.82) is 0 Å². The van der Waals surface area contributed by atoms with E-state index in [1.807, 2.05) is 12.2 Å². The molecule has 0 spiro atoms. The second-order valence-corrected chi connectivity index (χ2v) is 5.38. The highest BCUT2D eigenvalue weighted by Crippen LogP contribution is 2.34. The van der Waals surface area contributed by atoms with Gasteiger partial charge >= 0.3 is 5.97 Å². The van der Waals surface area contributed by atoms with Gasteiger partial charge in [0.25, 0.3) is 5.91 Å². The molecule has 23 heavy (non-hydrogen) atoms. The molecule has 7 nitrogen and oxygen atoms in total. The van der Waals surface area contributed by atoms with Crippen molar-refractivity contribution in [3.8, 4) is 12.3 Å². The Hall–Kier alpha value is -2.62. The molecule has 3 amide bonds. The molecule has 0 radical (unpaired) electrons. The number of likely N-dealkylation sites (tertiary alicyclic amines) is 1. The molecule has 1 saturated heterocycles. The first-order chi connectivity index (χ1) is 11.0. The molecule has 0 saturated carbocycles. The number of allylic oxidation sites excluding steroid dienone is 2. The summed E-state index contributed by atoms with van der Waals surface area (Å²) in [7, 11) is 0. The van der Waals surface area contributed by atoms with Crippen LogP contribution in [0.2, 0.25) is 0 Å². The van der Waals surface area contributed by atoms with Crippen molar-refractivity contribution in [2.75, 3.05) is 19.7 Å². The van der Waals surface area contributed by atoms with Gasteiger partial charge in [-0.1, -0.05) is 18.1 Å². The van der Waals surface area contributed by atoms with Crippen molar-refractivity contribution in [2.45, 2.75) is 19.3 Å². The minimum Gasteiger partial charge on any atom is -0.456 e.